The molecule has 8 heteroatoms. The molecule has 0 heterocycles. The number of rotatable bonds is 5. The number of benzene rings is 1. The Morgan fingerprint density at radius 1 is 1.43 bits per heavy atom. The van der Waals surface area contributed by atoms with Crippen molar-refractivity contribution in [3.63, 3.8) is 0 Å². The fourth-order valence-electron chi connectivity index (χ4n) is 1.55. The Hall–Kier alpha value is -1.62. The molecule has 0 saturated carbocycles. The van der Waals surface area contributed by atoms with Gasteiger partial charge >= 0.3 is 0 Å². The van der Waals surface area contributed by atoms with Crippen molar-refractivity contribution < 1.29 is 13.2 Å². The van der Waals surface area contributed by atoms with Gasteiger partial charge in [0.05, 0.1) is 22.1 Å². The van der Waals surface area contributed by atoms with Crippen LogP contribution in [0.5, 0.6) is 0 Å². The van der Waals surface area contributed by atoms with Crippen molar-refractivity contribution >= 4 is 27.5 Å². The highest BCUT2D eigenvalue weighted by Gasteiger charge is 2.29. The van der Waals surface area contributed by atoms with Crippen LogP contribution in [0.4, 0.5) is 0 Å². The van der Waals surface area contributed by atoms with Gasteiger partial charge in [-0.1, -0.05) is 11.6 Å². The number of sulfonamides is 1. The van der Waals surface area contributed by atoms with Gasteiger partial charge in [-0.15, -0.1) is 0 Å². The quantitative estimate of drug-likeness (QED) is 0.849. The van der Waals surface area contributed by atoms with Crippen LogP contribution in [0, 0.1) is 16.7 Å². The second kappa shape index (κ2) is 6.43. The lowest BCUT2D eigenvalue weighted by Gasteiger charge is -2.22. The lowest BCUT2D eigenvalue weighted by atomic mass is 9.93. The number of halogens is 1. The van der Waals surface area contributed by atoms with Crippen molar-refractivity contribution in [3.05, 3.63) is 28.8 Å². The van der Waals surface area contributed by atoms with Crippen LogP contribution in [0.25, 0.3) is 0 Å². The molecule has 2 N–H and O–H groups in total. The minimum absolute atomic E-state index is 0.0132. The number of hydrogen-bond donors (Lipinski definition) is 2. The van der Waals surface area contributed by atoms with E-state index in [4.69, 9.17) is 16.9 Å². The summed E-state index contributed by atoms with van der Waals surface area (Å²) in [5.74, 6) is -0.290. The molecule has 21 heavy (non-hydrogen) atoms. The van der Waals surface area contributed by atoms with E-state index in [-0.39, 0.29) is 27.9 Å². The average molecular weight is 330 g/mol. The van der Waals surface area contributed by atoms with Gasteiger partial charge in [0.15, 0.2) is 0 Å². The highest BCUT2D eigenvalue weighted by atomic mass is 35.5. The van der Waals surface area contributed by atoms with E-state index in [0.29, 0.717) is 0 Å². The summed E-state index contributed by atoms with van der Waals surface area (Å²) in [6, 6.07) is 5.82. The Bertz CT molecular complexity index is 693. The predicted molar refractivity (Wildman–Crippen MR) is 79.2 cm³/mol. The molecule has 0 saturated heterocycles. The summed E-state index contributed by atoms with van der Waals surface area (Å²) in [4.78, 5) is 11.5. The van der Waals surface area contributed by atoms with Crippen molar-refractivity contribution in [1.82, 2.24) is 10.0 Å². The molecule has 0 unspecified atom stereocenters. The molecular formula is C13H16ClN3O3S. The zero-order chi connectivity index (χ0) is 16.3. The van der Waals surface area contributed by atoms with E-state index in [1.807, 2.05) is 6.07 Å². The molecule has 1 aromatic rings. The third-order valence-electron chi connectivity index (χ3n) is 2.90. The maximum absolute atomic E-state index is 12.2. The van der Waals surface area contributed by atoms with Gasteiger partial charge in [0.2, 0.25) is 15.9 Å². The number of hydrogen-bond acceptors (Lipinski definition) is 4. The Labute approximate surface area is 129 Å². The normalized spacial score (nSPS) is 11.8. The summed E-state index contributed by atoms with van der Waals surface area (Å²) in [5.41, 5.74) is -0.730. The molecule has 0 aliphatic rings. The molecule has 0 aliphatic carbocycles. The first kappa shape index (κ1) is 17.4. The lowest BCUT2D eigenvalue weighted by Crippen LogP contribution is -2.43. The van der Waals surface area contributed by atoms with Crippen molar-refractivity contribution in [1.29, 1.82) is 5.26 Å². The monoisotopic (exact) mass is 329 g/mol. The smallest absolute Gasteiger partial charge is 0.242 e. The first-order valence-corrected chi connectivity index (χ1v) is 7.91. The SMILES string of the molecule is CNC(=O)C(C)(C)CNS(=O)(=O)c1cc(C#N)ccc1Cl. The molecular weight excluding hydrogens is 314 g/mol. The molecule has 1 aromatic carbocycles. The maximum atomic E-state index is 12.2. The average Bonchev–Trinajstić information content (AvgIpc) is 2.44. The number of carbonyl (C=O) groups excluding carboxylic acids is 1. The van der Waals surface area contributed by atoms with Crippen LogP contribution in [0.15, 0.2) is 23.1 Å². The highest BCUT2D eigenvalue weighted by molar-refractivity contribution is 7.89. The fourth-order valence-corrected chi connectivity index (χ4v) is 3.29. The highest BCUT2D eigenvalue weighted by Crippen LogP contribution is 2.23. The van der Waals surface area contributed by atoms with Crippen molar-refractivity contribution in [2.45, 2.75) is 18.7 Å². The number of nitriles is 1. The number of nitrogens with zero attached hydrogens (tertiary/aromatic N) is 1. The molecule has 0 spiro atoms. The largest absolute Gasteiger partial charge is 0.359 e. The fraction of sp³-hybridized carbons (Fsp3) is 0.385. The van der Waals surface area contributed by atoms with E-state index in [2.05, 4.69) is 10.0 Å². The van der Waals surface area contributed by atoms with E-state index in [0.717, 1.165) is 0 Å². The van der Waals surface area contributed by atoms with Gasteiger partial charge < -0.3 is 5.32 Å². The van der Waals surface area contributed by atoms with Gasteiger partial charge in [-0.3, -0.25) is 4.79 Å². The van der Waals surface area contributed by atoms with Crippen LogP contribution in [0.3, 0.4) is 0 Å². The van der Waals surface area contributed by atoms with Gasteiger partial charge in [-0.25, -0.2) is 13.1 Å². The minimum Gasteiger partial charge on any atom is -0.359 e. The zero-order valence-electron chi connectivity index (χ0n) is 11.9. The molecule has 114 valence electrons. The molecule has 0 radical (unpaired) electrons. The zero-order valence-corrected chi connectivity index (χ0v) is 13.5. The molecule has 0 fully saturated rings. The topological polar surface area (TPSA) is 99.1 Å². The van der Waals surface area contributed by atoms with E-state index >= 15 is 0 Å². The third kappa shape index (κ3) is 4.17. The van der Waals surface area contributed by atoms with Crippen molar-refractivity contribution in [2.75, 3.05) is 13.6 Å². The summed E-state index contributed by atoms with van der Waals surface area (Å²) >= 11 is 5.87. The van der Waals surface area contributed by atoms with Gasteiger partial charge in [0.1, 0.15) is 4.90 Å². The van der Waals surface area contributed by atoms with Crippen LogP contribution < -0.4 is 10.0 Å². The number of carbonyl (C=O) groups is 1. The first-order chi connectivity index (χ1) is 9.64. The third-order valence-corrected chi connectivity index (χ3v) is 4.78. The van der Waals surface area contributed by atoms with Crippen LogP contribution in [0.2, 0.25) is 5.02 Å². The van der Waals surface area contributed by atoms with Crippen LogP contribution in [-0.2, 0) is 14.8 Å². The van der Waals surface area contributed by atoms with E-state index < -0.39 is 15.4 Å². The second-order valence-electron chi connectivity index (χ2n) is 5.04. The molecule has 0 aliphatic heterocycles. The Balaban J connectivity index is 3.04. The molecule has 0 bridgehead atoms. The van der Waals surface area contributed by atoms with Crippen molar-refractivity contribution in [2.24, 2.45) is 5.41 Å². The lowest BCUT2D eigenvalue weighted by molar-refractivity contribution is -0.128. The van der Waals surface area contributed by atoms with Gasteiger partial charge in [0.25, 0.3) is 0 Å². The molecule has 0 atom stereocenters. The second-order valence-corrected chi connectivity index (χ2v) is 7.19. The molecule has 1 amide bonds. The van der Waals surface area contributed by atoms with Crippen molar-refractivity contribution in [3.8, 4) is 6.07 Å². The van der Waals surface area contributed by atoms with Crippen LogP contribution >= 0.6 is 11.6 Å². The Kier molecular flexibility index (Phi) is 5.34. The predicted octanol–water partition coefficient (Wildman–Crippen LogP) is 1.26. The Morgan fingerprint density at radius 3 is 2.57 bits per heavy atom. The maximum Gasteiger partial charge on any atom is 0.242 e. The van der Waals surface area contributed by atoms with Gasteiger partial charge in [-0.2, -0.15) is 5.26 Å². The number of nitrogens with one attached hydrogen (secondary N) is 2. The Morgan fingerprint density at radius 2 is 2.05 bits per heavy atom. The summed E-state index contributed by atoms with van der Waals surface area (Å²) < 4.78 is 26.8. The van der Waals surface area contributed by atoms with Crippen LogP contribution in [-0.4, -0.2) is 27.9 Å². The summed E-state index contributed by atoms with van der Waals surface area (Å²) in [5, 5.41) is 11.3. The van der Waals surface area contributed by atoms with Gasteiger partial charge in [0, 0.05) is 13.6 Å². The minimum atomic E-state index is -3.91. The van der Waals surface area contributed by atoms with E-state index in [1.54, 1.807) is 13.8 Å². The van der Waals surface area contributed by atoms with E-state index in [1.165, 1.54) is 25.2 Å². The van der Waals surface area contributed by atoms with Gasteiger partial charge in [-0.05, 0) is 32.0 Å². The standard InChI is InChI=1S/C13H16ClN3O3S/c1-13(2,12(18)16-3)8-17-21(19,20)11-6-9(7-15)4-5-10(11)14/h4-6,17H,8H2,1-3H3,(H,16,18). The first-order valence-electron chi connectivity index (χ1n) is 6.05. The number of amides is 1. The van der Waals surface area contributed by atoms with Crippen LogP contribution in [0.1, 0.15) is 19.4 Å². The van der Waals surface area contributed by atoms with E-state index in [9.17, 15) is 13.2 Å². The molecule has 0 aromatic heterocycles. The summed E-state index contributed by atoms with van der Waals surface area (Å²) in [6.07, 6.45) is 0. The molecule has 1 rings (SSSR count). The molecule has 6 nitrogen and oxygen atoms in total. The summed E-state index contributed by atoms with van der Waals surface area (Å²) in [7, 11) is -2.43. The summed E-state index contributed by atoms with van der Waals surface area (Å²) in [6.45, 7) is 3.13.